The van der Waals surface area contributed by atoms with Crippen LogP contribution in [0, 0.1) is 0 Å². The van der Waals surface area contributed by atoms with E-state index in [1.54, 1.807) is 19.1 Å². The number of benzene rings is 1. The van der Waals surface area contributed by atoms with E-state index in [-0.39, 0.29) is 11.9 Å². The second kappa shape index (κ2) is 5.23. The van der Waals surface area contributed by atoms with Crippen molar-refractivity contribution < 1.29 is 9.53 Å². The van der Waals surface area contributed by atoms with Crippen LogP contribution in [0.5, 0.6) is 0 Å². The van der Waals surface area contributed by atoms with E-state index in [1.165, 1.54) is 0 Å². The highest BCUT2D eigenvalue weighted by atomic mass is 16.5. The van der Waals surface area contributed by atoms with Crippen LogP contribution in [-0.4, -0.2) is 42.6 Å². The van der Waals surface area contributed by atoms with E-state index >= 15 is 0 Å². The number of nitrogens with one attached hydrogen (secondary N) is 1. The number of hydrogen-bond acceptors (Lipinski definition) is 2. The molecule has 0 aliphatic carbocycles. The Morgan fingerprint density at radius 3 is 2.94 bits per heavy atom. The predicted octanol–water partition coefficient (Wildman–Crippen LogP) is 2.27. The van der Waals surface area contributed by atoms with Crippen molar-refractivity contribution in [3.8, 4) is 0 Å². The number of aromatic nitrogens is 1. The molecule has 2 rings (SSSR count). The lowest BCUT2D eigenvalue weighted by atomic mass is 10.1. The van der Waals surface area contributed by atoms with E-state index in [1.807, 2.05) is 37.4 Å². The number of nitrogens with zero attached hydrogens (tertiary/aromatic N) is 1. The summed E-state index contributed by atoms with van der Waals surface area (Å²) in [6.45, 7) is 2.50. The van der Waals surface area contributed by atoms with E-state index in [0.717, 1.165) is 10.9 Å². The van der Waals surface area contributed by atoms with Crippen LogP contribution in [0.1, 0.15) is 17.3 Å². The number of carbonyl (C=O) groups is 1. The second-order valence-electron chi connectivity index (χ2n) is 4.47. The Labute approximate surface area is 107 Å². The molecule has 2 aromatic rings. The first-order valence-corrected chi connectivity index (χ1v) is 5.97. The van der Waals surface area contributed by atoms with Crippen molar-refractivity contribution in [1.29, 1.82) is 0 Å². The van der Waals surface area contributed by atoms with Crippen molar-refractivity contribution in [2.45, 2.75) is 13.0 Å². The lowest BCUT2D eigenvalue weighted by Gasteiger charge is -2.24. The number of carbonyl (C=O) groups excluding carboxylic acids is 1. The maximum Gasteiger partial charge on any atom is 0.256 e. The summed E-state index contributed by atoms with van der Waals surface area (Å²) in [5, 5.41) is 1.05. The summed E-state index contributed by atoms with van der Waals surface area (Å²) in [4.78, 5) is 17.2. The number of hydrogen-bond donors (Lipinski definition) is 1. The number of likely N-dealkylation sites (N-methyl/N-ethyl adjacent to an activating group) is 1. The zero-order chi connectivity index (χ0) is 13.1. The van der Waals surface area contributed by atoms with Gasteiger partial charge in [-0.15, -0.1) is 0 Å². The zero-order valence-corrected chi connectivity index (χ0v) is 10.9. The Hall–Kier alpha value is -1.81. The fraction of sp³-hybridized carbons (Fsp3) is 0.357. The third kappa shape index (κ3) is 2.24. The van der Waals surface area contributed by atoms with E-state index in [0.29, 0.717) is 12.2 Å². The van der Waals surface area contributed by atoms with Crippen LogP contribution in [-0.2, 0) is 4.74 Å². The summed E-state index contributed by atoms with van der Waals surface area (Å²) in [6.07, 6.45) is 1.85. The van der Waals surface area contributed by atoms with Gasteiger partial charge in [0.25, 0.3) is 5.91 Å². The van der Waals surface area contributed by atoms with Crippen LogP contribution >= 0.6 is 0 Å². The first-order chi connectivity index (χ1) is 8.65. The Balaban J connectivity index is 2.30. The number of rotatable bonds is 4. The van der Waals surface area contributed by atoms with Crippen molar-refractivity contribution in [1.82, 2.24) is 9.88 Å². The second-order valence-corrected chi connectivity index (χ2v) is 4.47. The summed E-state index contributed by atoms with van der Waals surface area (Å²) in [7, 11) is 3.44. The normalized spacial score (nSPS) is 12.6. The van der Waals surface area contributed by atoms with Gasteiger partial charge in [-0.05, 0) is 19.1 Å². The number of para-hydroxylation sites is 1. The van der Waals surface area contributed by atoms with E-state index in [9.17, 15) is 4.79 Å². The molecule has 1 atom stereocenters. The molecule has 4 heteroatoms. The van der Waals surface area contributed by atoms with Gasteiger partial charge in [0, 0.05) is 25.7 Å². The molecule has 1 aromatic carbocycles. The predicted molar refractivity (Wildman–Crippen MR) is 71.7 cm³/mol. The molecule has 1 unspecified atom stereocenters. The Kier molecular flexibility index (Phi) is 3.67. The van der Waals surface area contributed by atoms with Gasteiger partial charge in [-0.3, -0.25) is 4.79 Å². The van der Waals surface area contributed by atoms with Gasteiger partial charge < -0.3 is 14.6 Å². The SMILES string of the molecule is COCC(C)N(C)C(=O)c1cccc2cc[nH]c12. The minimum atomic E-state index is 0.00704. The van der Waals surface area contributed by atoms with Crippen LogP contribution in [0.4, 0.5) is 0 Å². The molecule has 1 N–H and O–H groups in total. The summed E-state index contributed by atoms with van der Waals surface area (Å²) in [5.74, 6) is 0.00704. The molecule has 4 nitrogen and oxygen atoms in total. The van der Waals surface area contributed by atoms with Gasteiger partial charge in [0.05, 0.1) is 23.7 Å². The summed E-state index contributed by atoms with van der Waals surface area (Å²) < 4.78 is 5.08. The largest absolute Gasteiger partial charge is 0.383 e. The average molecular weight is 246 g/mol. The Morgan fingerprint density at radius 1 is 1.44 bits per heavy atom. The fourth-order valence-electron chi connectivity index (χ4n) is 2.01. The number of fused-ring (bicyclic) bond motifs is 1. The number of ether oxygens (including phenoxy) is 1. The number of methoxy groups -OCH3 is 1. The van der Waals surface area contributed by atoms with Crippen LogP contribution in [0.25, 0.3) is 10.9 Å². The quantitative estimate of drug-likeness (QED) is 0.899. The van der Waals surface area contributed by atoms with E-state index < -0.39 is 0 Å². The molecule has 18 heavy (non-hydrogen) atoms. The maximum atomic E-state index is 12.4. The highest BCUT2D eigenvalue weighted by Gasteiger charge is 2.19. The molecule has 1 amide bonds. The molecule has 0 saturated heterocycles. The fourth-order valence-corrected chi connectivity index (χ4v) is 2.01. The van der Waals surface area contributed by atoms with Crippen LogP contribution in [0.2, 0.25) is 0 Å². The summed E-state index contributed by atoms with van der Waals surface area (Å²) in [5.41, 5.74) is 1.59. The average Bonchev–Trinajstić information content (AvgIpc) is 2.85. The minimum absolute atomic E-state index is 0.00704. The van der Waals surface area contributed by atoms with E-state index in [2.05, 4.69) is 4.98 Å². The van der Waals surface area contributed by atoms with Gasteiger partial charge in [0.15, 0.2) is 0 Å². The maximum absolute atomic E-state index is 12.4. The van der Waals surface area contributed by atoms with Crippen LogP contribution < -0.4 is 0 Å². The van der Waals surface area contributed by atoms with Crippen molar-refractivity contribution in [2.24, 2.45) is 0 Å². The molecule has 0 radical (unpaired) electrons. The Bertz CT molecular complexity index is 547. The standard InChI is InChI=1S/C14H18N2O2/c1-10(9-18-3)16(2)14(17)12-6-4-5-11-7-8-15-13(11)12/h4-8,10,15H,9H2,1-3H3. The highest BCUT2D eigenvalue weighted by molar-refractivity contribution is 6.05. The van der Waals surface area contributed by atoms with E-state index in [4.69, 9.17) is 4.74 Å². The smallest absolute Gasteiger partial charge is 0.256 e. The molecule has 1 aromatic heterocycles. The van der Waals surface area contributed by atoms with Gasteiger partial charge in [-0.25, -0.2) is 0 Å². The highest BCUT2D eigenvalue weighted by Crippen LogP contribution is 2.18. The lowest BCUT2D eigenvalue weighted by molar-refractivity contribution is 0.0635. The molecule has 96 valence electrons. The monoisotopic (exact) mass is 246 g/mol. The van der Waals surface area contributed by atoms with Gasteiger partial charge in [-0.2, -0.15) is 0 Å². The van der Waals surface area contributed by atoms with Gasteiger partial charge in [-0.1, -0.05) is 12.1 Å². The third-order valence-corrected chi connectivity index (χ3v) is 3.21. The summed E-state index contributed by atoms with van der Waals surface area (Å²) >= 11 is 0. The van der Waals surface area contributed by atoms with Gasteiger partial charge in [0.1, 0.15) is 0 Å². The van der Waals surface area contributed by atoms with Crippen molar-refractivity contribution in [3.05, 3.63) is 36.0 Å². The van der Waals surface area contributed by atoms with Crippen molar-refractivity contribution in [3.63, 3.8) is 0 Å². The first-order valence-electron chi connectivity index (χ1n) is 5.97. The van der Waals surface area contributed by atoms with Gasteiger partial charge >= 0.3 is 0 Å². The molecule has 0 fully saturated rings. The number of aromatic amines is 1. The van der Waals surface area contributed by atoms with Crippen molar-refractivity contribution in [2.75, 3.05) is 20.8 Å². The molecular weight excluding hydrogens is 228 g/mol. The molecule has 0 aliphatic rings. The molecule has 0 bridgehead atoms. The van der Waals surface area contributed by atoms with Crippen LogP contribution in [0.15, 0.2) is 30.5 Å². The minimum Gasteiger partial charge on any atom is -0.383 e. The third-order valence-electron chi connectivity index (χ3n) is 3.21. The molecule has 1 heterocycles. The molecular formula is C14H18N2O2. The van der Waals surface area contributed by atoms with Gasteiger partial charge in [0.2, 0.25) is 0 Å². The molecule has 0 spiro atoms. The first kappa shape index (κ1) is 12.6. The van der Waals surface area contributed by atoms with Crippen LogP contribution in [0.3, 0.4) is 0 Å². The molecule has 0 aliphatic heterocycles. The molecule has 0 saturated carbocycles. The lowest BCUT2D eigenvalue weighted by Crippen LogP contribution is -2.37. The van der Waals surface area contributed by atoms with Crippen molar-refractivity contribution >= 4 is 16.8 Å². The number of amides is 1. The number of H-pyrrole nitrogens is 1. The Morgan fingerprint density at radius 2 is 2.22 bits per heavy atom. The zero-order valence-electron chi connectivity index (χ0n) is 10.9. The summed E-state index contributed by atoms with van der Waals surface area (Å²) in [6, 6.07) is 7.74. The topological polar surface area (TPSA) is 45.3 Å².